The van der Waals surface area contributed by atoms with E-state index in [0.29, 0.717) is 12.1 Å². The summed E-state index contributed by atoms with van der Waals surface area (Å²) >= 11 is 0. The maximum absolute atomic E-state index is 12.1. The molecule has 1 heterocycles. The summed E-state index contributed by atoms with van der Waals surface area (Å²) in [7, 11) is 0. The molecule has 1 rings (SSSR count). The number of nitrogen functional groups attached to an aromatic ring is 1. The van der Waals surface area contributed by atoms with E-state index in [1.165, 1.54) is 0 Å². The van der Waals surface area contributed by atoms with Gasteiger partial charge in [0.2, 0.25) is 5.82 Å². The van der Waals surface area contributed by atoms with Crippen molar-refractivity contribution in [2.75, 3.05) is 5.43 Å². The number of anilines is 1. The molecule has 15 heavy (non-hydrogen) atoms. The van der Waals surface area contributed by atoms with Gasteiger partial charge in [-0.05, 0) is 6.07 Å². The van der Waals surface area contributed by atoms with Crippen LogP contribution in [-0.4, -0.2) is 9.91 Å². The summed E-state index contributed by atoms with van der Waals surface area (Å²) in [4.78, 5) is 12.4. The van der Waals surface area contributed by atoms with Gasteiger partial charge in [-0.25, -0.2) is 10.8 Å². The monoisotopic (exact) mass is 222 g/mol. The smallest absolute Gasteiger partial charge is 0.303 e. The van der Waals surface area contributed by atoms with Crippen LogP contribution in [0.1, 0.15) is 5.69 Å². The zero-order chi connectivity index (χ0) is 11.6. The fourth-order valence-electron chi connectivity index (χ4n) is 0.863. The first-order chi connectivity index (χ1) is 6.86. The van der Waals surface area contributed by atoms with Gasteiger partial charge >= 0.3 is 11.9 Å². The maximum atomic E-state index is 12.1. The number of hydrazine groups is 1. The van der Waals surface area contributed by atoms with Gasteiger partial charge in [0.15, 0.2) is 0 Å². The van der Waals surface area contributed by atoms with E-state index in [1.54, 1.807) is 5.43 Å². The number of nitro groups is 1. The highest BCUT2D eigenvalue weighted by molar-refractivity contribution is 5.55. The van der Waals surface area contributed by atoms with Crippen LogP contribution in [0.25, 0.3) is 0 Å². The molecule has 0 fully saturated rings. The molecule has 6 nitrogen and oxygen atoms in total. The van der Waals surface area contributed by atoms with E-state index in [-0.39, 0.29) is 0 Å². The minimum Gasteiger partial charge on any atom is -0.303 e. The highest BCUT2D eigenvalue weighted by atomic mass is 19.4. The fraction of sp³-hybridized carbons (Fsp3) is 0.167. The first kappa shape index (κ1) is 11.2. The van der Waals surface area contributed by atoms with Crippen molar-refractivity contribution in [2.24, 2.45) is 5.84 Å². The number of hydrogen-bond acceptors (Lipinski definition) is 5. The van der Waals surface area contributed by atoms with Crippen molar-refractivity contribution in [1.29, 1.82) is 0 Å². The Morgan fingerprint density at radius 3 is 2.47 bits per heavy atom. The van der Waals surface area contributed by atoms with Crippen LogP contribution < -0.4 is 11.3 Å². The Labute approximate surface area is 81.0 Å². The van der Waals surface area contributed by atoms with E-state index in [2.05, 4.69) is 4.98 Å². The zero-order valence-corrected chi connectivity index (χ0v) is 7.08. The summed E-state index contributed by atoms with van der Waals surface area (Å²) < 4.78 is 36.4. The van der Waals surface area contributed by atoms with E-state index in [1.807, 2.05) is 0 Å². The lowest BCUT2D eigenvalue weighted by molar-refractivity contribution is -0.384. The Bertz CT molecular complexity index is 392. The van der Waals surface area contributed by atoms with Crippen molar-refractivity contribution in [2.45, 2.75) is 6.18 Å². The molecule has 0 radical (unpaired) electrons. The minimum atomic E-state index is -4.67. The van der Waals surface area contributed by atoms with Crippen molar-refractivity contribution >= 4 is 11.5 Å². The predicted octanol–water partition coefficient (Wildman–Crippen LogP) is 1.29. The molecule has 82 valence electrons. The first-order valence-corrected chi connectivity index (χ1v) is 3.55. The second-order valence-electron chi connectivity index (χ2n) is 2.46. The van der Waals surface area contributed by atoms with Crippen LogP contribution in [0.5, 0.6) is 0 Å². The van der Waals surface area contributed by atoms with Crippen molar-refractivity contribution < 1.29 is 18.1 Å². The topological polar surface area (TPSA) is 94.1 Å². The van der Waals surface area contributed by atoms with E-state index in [0.717, 1.165) is 0 Å². The van der Waals surface area contributed by atoms with Crippen LogP contribution in [0.3, 0.4) is 0 Å². The molecule has 3 N–H and O–H groups in total. The van der Waals surface area contributed by atoms with E-state index >= 15 is 0 Å². The Morgan fingerprint density at radius 2 is 2.07 bits per heavy atom. The molecule has 0 saturated heterocycles. The van der Waals surface area contributed by atoms with Gasteiger partial charge in [-0.3, -0.25) is 10.1 Å². The Hall–Kier alpha value is -1.90. The molecule has 0 atom stereocenters. The number of pyridine rings is 1. The molecule has 0 saturated carbocycles. The minimum absolute atomic E-state index is 0.513. The number of aromatic nitrogens is 1. The van der Waals surface area contributed by atoms with Gasteiger partial charge in [-0.1, -0.05) is 0 Å². The van der Waals surface area contributed by atoms with Gasteiger partial charge in [0.05, 0.1) is 4.92 Å². The molecule has 0 unspecified atom stereocenters. The Morgan fingerprint density at radius 1 is 1.47 bits per heavy atom. The second-order valence-corrected chi connectivity index (χ2v) is 2.46. The summed E-state index contributed by atoms with van der Waals surface area (Å²) in [6, 6.07) is 1.20. The molecule has 0 aromatic carbocycles. The highest BCUT2D eigenvalue weighted by Gasteiger charge is 2.34. The predicted molar refractivity (Wildman–Crippen MR) is 43.7 cm³/mol. The number of hydrogen-bond donors (Lipinski definition) is 2. The van der Waals surface area contributed by atoms with Crippen molar-refractivity contribution in [3.05, 3.63) is 27.9 Å². The van der Waals surface area contributed by atoms with Gasteiger partial charge in [-0.2, -0.15) is 13.2 Å². The summed E-state index contributed by atoms with van der Waals surface area (Å²) in [6.07, 6.45) is -4.67. The molecule has 0 aliphatic heterocycles. The van der Waals surface area contributed by atoms with Crippen LogP contribution in [0, 0.1) is 10.1 Å². The van der Waals surface area contributed by atoms with Gasteiger partial charge in [-0.15, -0.1) is 0 Å². The van der Waals surface area contributed by atoms with Crippen molar-refractivity contribution in [3.8, 4) is 0 Å². The molecular weight excluding hydrogens is 217 g/mol. The molecule has 0 aliphatic carbocycles. The lowest BCUT2D eigenvalue weighted by Crippen LogP contribution is -2.15. The number of halogens is 3. The van der Waals surface area contributed by atoms with Crippen LogP contribution >= 0.6 is 0 Å². The molecule has 1 aromatic heterocycles. The van der Waals surface area contributed by atoms with Crippen molar-refractivity contribution in [1.82, 2.24) is 4.98 Å². The number of nitrogens with zero attached hydrogens (tertiary/aromatic N) is 2. The van der Waals surface area contributed by atoms with Gasteiger partial charge < -0.3 is 5.43 Å². The first-order valence-electron chi connectivity index (χ1n) is 3.55. The molecule has 0 amide bonds. The normalized spacial score (nSPS) is 11.2. The van der Waals surface area contributed by atoms with E-state index < -0.39 is 28.3 Å². The lowest BCUT2D eigenvalue weighted by Gasteiger charge is -2.07. The van der Waals surface area contributed by atoms with Gasteiger partial charge in [0.25, 0.3) is 0 Å². The average molecular weight is 222 g/mol. The van der Waals surface area contributed by atoms with Crippen LogP contribution in [0.2, 0.25) is 0 Å². The summed E-state index contributed by atoms with van der Waals surface area (Å²) in [6.45, 7) is 0. The Balaban J connectivity index is 3.25. The number of nitrogens with two attached hydrogens (primary N) is 1. The van der Waals surface area contributed by atoms with Crippen molar-refractivity contribution in [3.63, 3.8) is 0 Å². The maximum Gasteiger partial charge on any atom is 0.433 e. The fourth-order valence-corrected chi connectivity index (χ4v) is 0.863. The molecule has 0 spiro atoms. The van der Waals surface area contributed by atoms with E-state index in [4.69, 9.17) is 5.84 Å². The lowest BCUT2D eigenvalue weighted by atomic mass is 10.3. The average Bonchev–Trinajstić information content (AvgIpc) is 2.15. The second kappa shape index (κ2) is 3.69. The van der Waals surface area contributed by atoms with Gasteiger partial charge in [0.1, 0.15) is 5.69 Å². The molecule has 1 aromatic rings. The molecular formula is C6H5F3N4O2. The number of nitrogens with one attached hydrogen (secondary N) is 1. The standard InChI is InChI=1S/C6H5F3N4O2/c7-6(8,9)4-2-1-3(13(14)15)5(11-4)12-10/h1-2H,10H2,(H,11,12). The molecule has 9 heteroatoms. The third-order valence-corrected chi connectivity index (χ3v) is 1.50. The van der Waals surface area contributed by atoms with E-state index in [9.17, 15) is 23.3 Å². The quantitative estimate of drug-likeness (QED) is 0.446. The number of rotatable bonds is 2. The SMILES string of the molecule is NNc1nc(C(F)(F)F)ccc1[N+](=O)[O-]. The van der Waals surface area contributed by atoms with Gasteiger partial charge in [0, 0.05) is 6.07 Å². The molecule has 0 bridgehead atoms. The third kappa shape index (κ3) is 2.31. The largest absolute Gasteiger partial charge is 0.433 e. The molecule has 0 aliphatic rings. The summed E-state index contributed by atoms with van der Waals surface area (Å²) in [5.74, 6) is 4.19. The Kier molecular flexibility index (Phi) is 2.75. The summed E-state index contributed by atoms with van der Waals surface area (Å²) in [5, 5.41) is 10.3. The zero-order valence-electron chi connectivity index (χ0n) is 7.08. The summed E-state index contributed by atoms with van der Waals surface area (Å²) in [5.41, 5.74) is -0.132. The van der Waals surface area contributed by atoms with Crippen LogP contribution in [-0.2, 0) is 6.18 Å². The van der Waals surface area contributed by atoms with Crippen LogP contribution in [0.4, 0.5) is 24.7 Å². The third-order valence-electron chi connectivity index (χ3n) is 1.50. The highest BCUT2D eigenvalue weighted by Crippen LogP contribution is 2.31. The number of alkyl halides is 3. The van der Waals surface area contributed by atoms with Crippen LogP contribution in [0.15, 0.2) is 12.1 Å².